The number of ether oxygens (including phenoxy) is 3. The lowest BCUT2D eigenvalue weighted by molar-refractivity contribution is -0.167. The molecule has 6 nitrogen and oxygen atoms in total. The van der Waals surface area contributed by atoms with Crippen LogP contribution in [0.1, 0.15) is 335 Å². The Kier molecular flexibility index (Phi) is 57.2. The third-order valence-electron chi connectivity index (χ3n) is 13.9. The second-order valence-electron chi connectivity index (χ2n) is 21.0. The lowest BCUT2D eigenvalue weighted by Crippen LogP contribution is -2.30. The van der Waals surface area contributed by atoms with Gasteiger partial charge in [0.15, 0.2) is 6.10 Å². The van der Waals surface area contributed by atoms with E-state index in [0.717, 1.165) is 64.2 Å². The van der Waals surface area contributed by atoms with E-state index in [4.69, 9.17) is 14.2 Å². The molecular formula is C64H118O6. The van der Waals surface area contributed by atoms with Crippen LogP contribution in [-0.2, 0) is 28.6 Å². The lowest BCUT2D eigenvalue weighted by atomic mass is 10.0. The summed E-state index contributed by atoms with van der Waals surface area (Å²) in [5, 5.41) is 0. The molecule has 0 saturated carbocycles. The van der Waals surface area contributed by atoms with Gasteiger partial charge in [-0.3, -0.25) is 14.4 Å². The number of carbonyl (C=O) groups excluding carboxylic acids is 3. The summed E-state index contributed by atoms with van der Waals surface area (Å²) in [6, 6.07) is 0. The van der Waals surface area contributed by atoms with E-state index < -0.39 is 6.10 Å². The maximum Gasteiger partial charge on any atom is 0.306 e. The van der Waals surface area contributed by atoms with Crippen LogP contribution in [0.5, 0.6) is 0 Å². The van der Waals surface area contributed by atoms with Crippen molar-refractivity contribution in [3.63, 3.8) is 0 Å². The predicted molar refractivity (Wildman–Crippen MR) is 302 cm³/mol. The van der Waals surface area contributed by atoms with Gasteiger partial charge in [0.2, 0.25) is 0 Å². The quantitative estimate of drug-likeness (QED) is 0.0199. The van der Waals surface area contributed by atoms with Crippen molar-refractivity contribution in [1.29, 1.82) is 0 Å². The smallest absolute Gasteiger partial charge is 0.306 e. The lowest BCUT2D eigenvalue weighted by Gasteiger charge is -2.18. The second kappa shape index (κ2) is 59.2. The molecule has 0 saturated heterocycles. The summed E-state index contributed by atoms with van der Waals surface area (Å²) in [6.07, 6.45) is 71.4. The van der Waals surface area contributed by atoms with Crippen LogP contribution in [-0.4, -0.2) is 37.2 Å². The number of unbranched alkanes of at least 4 members (excludes halogenated alkanes) is 41. The molecule has 0 amide bonds. The van der Waals surface area contributed by atoms with Crippen LogP contribution < -0.4 is 0 Å². The van der Waals surface area contributed by atoms with Gasteiger partial charge in [-0.2, -0.15) is 0 Å². The summed E-state index contributed by atoms with van der Waals surface area (Å²) < 4.78 is 16.9. The van der Waals surface area contributed by atoms with Crippen molar-refractivity contribution in [2.24, 2.45) is 0 Å². The summed E-state index contributed by atoms with van der Waals surface area (Å²) >= 11 is 0. The molecule has 0 aliphatic carbocycles. The van der Waals surface area contributed by atoms with Gasteiger partial charge in [0.25, 0.3) is 0 Å². The van der Waals surface area contributed by atoms with Gasteiger partial charge in [0.05, 0.1) is 0 Å². The standard InChI is InChI=1S/C64H118O6/c1-4-7-10-13-16-19-22-25-28-30-32-34-36-39-42-45-48-51-54-57-63(66)69-60-61(59-68-62(65)56-53-50-47-44-41-38-35-27-24-21-18-15-12-9-6-3)70-64(67)58-55-52-49-46-43-40-37-33-31-29-26-23-20-17-14-11-8-5-2/h16,19,22,25,33,37,61H,4-15,17-18,20-21,23-24,26-32,34-36,38-60H2,1-3H3/b19-16-,25-22-,37-33-. The highest BCUT2D eigenvalue weighted by molar-refractivity contribution is 5.71. The Balaban J connectivity index is 4.34. The van der Waals surface area contributed by atoms with Crippen molar-refractivity contribution in [3.05, 3.63) is 36.5 Å². The van der Waals surface area contributed by atoms with Crippen LogP contribution in [0.25, 0.3) is 0 Å². The van der Waals surface area contributed by atoms with Gasteiger partial charge >= 0.3 is 17.9 Å². The molecule has 0 aliphatic heterocycles. The monoisotopic (exact) mass is 983 g/mol. The van der Waals surface area contributed by atoms with Gasteiger partial charge in [0, 0.05) is 19.3 Å². The number of esters is 3. The molecule has 6 heteroatoms. The van der Waals surface area contributed by atoms with E-state index in [9.17, 15) is 14.4 Å². The average molecular weight is 984 g/mol. The zero-order valence-electron chi connectivity index (χ0n) is 47.1. The van der Waals surface area contributed by atoms with Gasteiger partial charge < -0.3 is 14.2 Å². The van der Waals surface area contributed by atoms with Crippen molar-refractivity contribution in [1.82, 2.24) is 0 Å². The highest BCUT2D eigenvalue weighted by atomic mass is 16.6. The first-order valence-electron chi connectivity index (χ1n) is 31.0. The number of rotatable bonds is 57. The third-order valence-corrected chi connectivity index (χ3v) is 13.9. The van der Waals surface area contributed by atoms with E-state index in [0.29, 0.717) is 19.3 Å². The molecule has 410 valence electrons. The fourth-order valence-corrected chi connectivity index (χ4v) is 9.20. The molecule has 70 heavy (non-hydrogen) atoms. The largest absolute Gasteiger partial charge is 0.462 e. The van der Waals surface area contributed by atoms with Gasteiger partial charge in [-0.1, -0.05) is 282 Å². The zero-order valence-corrected chi connectivity index (χ0v) is 47.1. The van der Waals surface area contributed by atoms with Gasteiger partial charge in [-0.25, -0.2) is 0 Å². The van der Waals surface area contributed by atoms with Gasteiger partial charge in [0.1, 0.15) is 13.2 Å². The summed E-state index contributed by atoms with van der Waals surface area (Å²) in [7, 11) is 0. The number of hydrogen-bond acceptors (Lipinski definition) is 6. The maximum absolute atomic E-state index is 12.9. The summed E-state index contributed by atoms with van der Waals surface area (Å²) in [5.74, 6) is -0.862. The van der Waals surface area contributed by atoms with E-state index in [1.54, 1.807) is 0 Å². The van der Waals surface area contributed by atoms with Gasteiger partial charge in [-0.15, -0.1) is 0 Å². The Morgan fingerprint density at radius 3 is 0.829 bits per heavy atom. The molecule has 0 radical (unpaired) electrons. The van der Waals surface area contributed by atoms with Crippen LogP contribution in [0.3, 0.4) is 0 Å². The van der Waals surface area contributed by atoms with Crippen molar-refractivity contribution >= 4 is 17.9 Å². The average Bonchev–Trinajstić information content (AvgIpc) is 3.36. The molecular weight excluding hydrogens is 865 g/mol. The highest BCUT2D eigenvalue weighted by Crippen LogP contribution is 2.17. The molecule has 0 spiro atoms. The molecule has 0 aromatic heterocycles. The third kappa shape index (κ3) is 56.5. The van der Waals surface area contributed by atoms with Crippen molar-refractivity contribution in [3.8, 4) is 0 Å². The number of allylic oxidation sites excluding steroid dienone is 6. The second-order valence-corrected chi connectivity index (χ2v) is 21.0. The van der Waals surface area contributed by atoms with Crippen LogP contribution in [0, 0.1) is 0 Å². The first kappa shape index (κ1) is 67.6. The summed E-state index contributed by atoms with van der Waals surface area (Å²) in [5.41, 5.74) is 0. The van der Waals surface area contributed by atoms with Crippen molar-refractivity contribution in [2.75, 3.05) is 13.2 Å². The first-order valence-corrected chi connectivity index (χ1v) is 31.0. The van der Waals surface area contributed by atoms with E-state index >= 15 is 0 Å². The normalized spacial score (nSPS) is 12.2. The molecule has 0 aliphatic rings. The Morgan fingerprint density at radius 1 is 0.286 bits per heavy atom. The molecule has 0 N–H and O–H groups in total. The molecule has 0 heterocycles. The fourth-order valence-electron chi connectivity index (χ4n) is 9.20. The first-order chi connectivity index (χ1) is 34.5. The molecule has 0 bridgehead atoms. The van der Waals surface area contributed by atoms with E-state index in [1.807, 2.05) is 0 Å². The van der Waals surface area contributed by atoms with Crippen molar-refractivity contribution < 1.29 is 28.6 Å². The zero-order chi connectivity index (χ0) is 50.7. The number of carbonyl (C=O) groups is 3. The van der Waals surface area contributed by atoms with E-state index in [-0.39, 0.29) is 31.1 Å². The van der Waals surface area contributed by atoms with E-state index in [1.165, 1.54) is 231 Å². The topological polar surface area (TPSA) is 78.9 Å². The minimum atomic E-state index is -0.775. The fraction of sp³-hybridized carbons (Fsp3) is 0.859. The van der Waals surface area contributed by atoms with E-state index in [2.05, 4.69) is 57.2 Å². The Hall–Kier alpha value is -2.37. The molecule has 0 aromatic rings. The summed E-state index contributed by atoms with van der Waals surface area (Å²) in [4.78, 5) is 38.3. The minimum absolute atomic E-state index is 0.0723. The van der Waals surface area contributed by atoms with Crippen LogP contribution in [0.4, 0.5) is 0 Å². The van der Waals surface area contributed by atoms with Crippen LogP contribution in [0.2, 0.25) is 0 Å². The Labute approximate surface area is 435 Å². The molecule has 1 atom stereocenters. The summed E-state index contributed by atoms with van der Waals surface area (Å²) in [6.45, 7) is 6.66. The molecule has 0 fully saturated rings. The van der Waals surface area contributed by atoms with Crippen LogP contribution in [0.15, 0.2) is 36.5 Å². The van der Waals surface area contributed by atoms with Crippen LogP contribution >= 0.6 is 0 Å². The number of hydrogen-bond donors (Lipinski definition) is 0. The molecule has 0 rings (SSSR count). The Morgan fingerprint density at radius 2 is 0.514 bits per heavy atom. The maximum atomic E-state index is 12.9. The Bertz CT molecular complexity index is 1170. The predicted octanol–water partition coefficient (Wildman–Crippen LogP) is 20.8. The molecule has 0 aromatic carbocycles. The van der Waals surface area contributed by atoms with Gasteiger partial charge in [-0.05, 0) is 70.6 Å². The SMILES string of the molecule is CCCCC/C=C\C=C/CCCCCCCCCCCCC(=O)OCC(COC(=O)CCCCCCCCCCCCCCCCC)OC(=O)CCCCCCC/C=C\CCCCCCCCCCC. The van der Waals surface area contributed by atoms with Crippen molar-refractivity contribution in [2.45, 2.75) is 341 Å². The molecule has 1 unspecified atom stereocenters. The highest BCUT2D eigenvalue weighted by Gasteiger charge is 2.19. The minimum Gasteiger partial charge on any atom is -0.462 e.